The molecule has 1 aliphatic rings. The molecule has 0 bridgehead atoms. The second-order valence-electron chi connectivity index (χ2n) is 4.70. The molecule has 1 aromatic carbocycles. The number of nitrogens with two attached hydrogens (primary N) is 1. The molecule has 0 heterocycles. The van der Waals surface area contributed by atoms with Crippen molar-refractivity contribution < 1.29 is 4.74 Å². The van der Waals surface area contributed by atoms with Crippen molar-refractivity contribution in [3.63, 3.8) is 0 Å². The van der Waals surface area contributed by atoms with Gasteiger partial charge >= 0.3 is 0 Å². The third-order valence-electron chi connectivity index (χ3n) is 3.44. The van der Waals surface area contributed by atoms with Crippen LogP contribution in [0.4, 0.5) is 0 Å². The highest BCUT2D eigenvalue weighted by molar-refractivity contribution is 5.36. The zero-order valence-corrected chi connectivity index (χ0v) is 9.49. The molecule has 2 heteroatoms. The Morgan fingerprint density at radius 3 is 2.60 bits per heavy atom. The average molecular weight is 205 g/mol. The Morgan fingerprint density at radius 1 is 1.40 bits per heavy atom. The zero-order valence-electron chi connectivity index (χ0n) is 9.49. The molecular formula is C13H19NO. The lowest BCUT2D eigenvalue weighted by Crippen LogP contribution is -2.52. The van der Waals surface area contributed by atoms with Crippen LogP contribution in [0.15, 0.2) is 24.3 Å². The van der Waals surface area contributed by atoms with E-state index in [9.17, 15) is 0 Å². The van der Waals surface area contributed by atoms with E-state index in [2.05, 4.69) is 31.2 Å². The second kappa shape index (κ2) is 3.95. The van der Waals surface area contributed by atoms with Crippen LogP contribution < -0.4 is 5.73 Å². The first kappa shape index (κ1) is 10.7. The summed E-state index contributed by atoms with van der Waals surface area (Å²) in [6.45, 7) is 2.95. The number of hydrogen-bond donors (Lipinski definition) is 1. The smallest absolute Gasteiger partial charge is 0.0560 e. The topological polar surface area (TPSA) is 35.2 Å². The van der Waals surface area contributed by atoms with E-state index < -0.39 is 0 Å². The third-order valence-corrected chi connectivity index (χ3v) is 3.44. The predicted octanol–water partition coefficient (Wildman–Crippen LogP) is 2.00. The van der Waals surface area contributed by atoms with Gasteiger partial charge in [-0.1, -0.05) is 24.3 Å². The van der Waals surface area contributed by atoms with Crippen LogP contribution in [-0.4, -0.2) is 19.8 Å². The molecule has 0 saturated heterocycles. The van der Waals surface area contributed by atoms with Crippen LogP contribution in [0.3, 0.4) is 0 Å². The summed E-state index contributed by atoms with van der Waals surface area (Å²) in [5.74, 6) is 0. The van der Waals surface area contributed by atoms with Gasteiger partial charge < -0.3 is 10.5 Å². The third kappa shape index (κ3) is 1.80. The zero-order chi connectivity index (χ0) is 10.9. The molecular weight excluding hydrogens is 186 g/mol. The van der Waals surface area contributed by atoms with Crippen molar-refractivity contribution in [1.82, 2.24) is 0 Å². The fraction of sp³-hybridized carbons (Fsp3) is 0.538. The van der Waals surface area contributed by atoms with Gasteiger partial charge in [0.1, 0.15) is 0 Å². The molecule has 15 heavy (non-hydrogen) atoms. The van der Waals surface area contributed by atoms with Gasteiger partial charge in [-0.15, -0.1) is 0 Å². The fourth-order valence-corrected chi connectivity index (χ4v) is 2.80. The maximum absolute atomic E-state index is 5.92. The lowest BCUT2D eigenvalue weighted by Gasteiger charge is -2.47. The highest BCUT2D eigenvalue weighted by Crippen LogP contribution is 2.44. The van der Waals surface area contributed by atoms with Gasteiger partial charge in [0.25, 0.3) is 0 Å². The lowest BCUT2D eigenvalue weighted by atomic mass is 9.61. The Labute approximate surface area is 91.4 Å². The van der Waals surface area contributed by atoms with Crippen LogP contribution in [-0.2, 0) is 10.2 Å². The van der Waals surface area contributed by atoms with Crippen molar-refractivity contribution in [2.45, 2.75) is 31.2 Å². The number of aryl methyl sites for hydroxylation is 1. The van der Waals surface area contributed by atoms with E-state index >= 15 is 0 Å². The molecule has 1 saturated carbocycles. The minimum absolute atomic E-state index is 0.180. The Balaban J connectivity index is 2.30. The minimum atomic E-state index is 0.180. The molecule has 1 fully saturated rings. The predicted molar refractivity (Wildman–Crippen MR) is 61.9 cm³/mol. The van der Waals surface area contributed by atoms with E-state index in [0.717, 1.165) is 19.4 Å². The molecule has 0 atom stereocenters. The van der Waals surface area contributed by atoms with Crippen LogP contribution in [0, 0.1) is 6.92 Å². The summed E-state index contributed by atoms with van der Waals surface area (Å²) in [5.41, 5.74) is 8.86. The van der Waals surface area contributed by atoms with E-state index in [1.165, 1.54) is 11.1 Å². The lowest BCUT2D eigenvalue weighted by molar-refractivity contribution is 0.0657. The maximum Gasteiger partial charge on any atom is 0.0560 e. The van der Waals surface area contributed by atoms with Crippen molar-refractivity contribution in [1.29, 1.82) is 0 Å². The monoisotopic (exact) mass is 205 g/mol. The van der Waals surface area contributed by atoms with Crippen LogP contribution in [0.5, 0.6) is 0 Å². The first-order valence-electron chi connectivity index (χ1n) is 5.48. The van der Waals surface area contributed by atoms with Gasteiger partial charge in [-0.3, -0.25) is 0 Å². The Kier molecular flexibility index (Phi) is 2.81. The van der Waals surface area contributed by atoms with E-state index in [1.807, 2.05) is 0 Å². The molecule has 1 aliphatic carbocycles. The second-order valence-corrected chi connectivity index (χ2v) is 4.70. The van der Waals surface area contributed by atoms with Crippen LogP contribution in [0.2, 0.25) is 0 Å². The molecule has 0 spiro atoms. The van der Waals surface area contributed by atoms with Gasteiger partial charge in [0, 0.05) is 18.6 Å². The first-order valence-corrected chi connectivity index (χ1v) is 5.48. The van der Waals surface area contributed by atoms with Gasteiger partial charge in [-0.05, 0) is 30.9 Å². The van der Waals surface area contributed by atoms with Crippen LogP contribution in [0.25, 0.3) is 0 Å². The molecule has 0 aromatic heterocycles. The Bertz CT molecular complexity index is 337. The van der Waals surface area contributed by atoms with Gasteiger partial charge in [-0.25, -0.2) is 0 Å². The molecule has 1 aromatic rings. The number of ether oxygens (including phenoxy) is 1. The first-order chi connectivity index (χ1) is 7.18. The largest absolute Gasteiger partial charge is 0.384 e. The SMILES string of the molecule is COCC1(c2ccccc2C)CC(N)C1. The van der Waals surface area contributed by atoms with Crippen LogP contribution in [0.1, 0.15) is 24.0 Å². The highest BCUT2D eigenvalue weighted by atomic mass is 16.5. The van der Waals surface area contributed by atoms with E-state index in [4.69, 9.17) is 10.5 Å². The molecule has 2 N–H and O–H groups in total. The summed E-state index contributed by atoms with van der Waals surface area (Å²) in [4.78, 5) is 0. The Morgan fingerprint density at radius 2 is 2.07 bits per heavy atom. The maximum atomic E-state index is 5.92. The molecule has 82 valence electrons. The van der Waals surface area contributed by atoms with Crippen molar-refractivity contribution in [2.24, 2.45) is 5.73 Å². The molecule has 0 unspecified atom stereocenters. The highest BCUT2D eigenvalue weighted by Gasteiger charge is 2.44. The van der Waals surface area contributed by atoms with Crippen molar-refractivity contribution >= 4 is 0 Å². The van der Waals surface area contributed by atoms with E-state index in [0.29, 0.717) is 6.04 Å². The molecule has 0 amide bonds. The number of methoxy groups -OCH3 is 1. The number of benzene rings is 1. The van der Waals surface area contributed by atoms with Crippen molar-refractivity contribution in [3.05, 3.63) is 35.4 Å². The van der Waals surface area contributed by atoms with E-state index in [-0.39, 0.29) is 5.41 Å². The standard InChI is InChI=1S/C13H19NO/c1-10-5-3-4-6-12(10)13(9-15-2)7-11(14)8-13/h3-6,11H,7-9,14H2,1-2H3. The molecule has 2 rings (SSSR count). The van der Waals surface area contributed by atoms with Crippen molar-refractivity contribution in [2.75, 3.05) is 13.7 Å². The van der Waals surface area contributed by atoms with Gasteiger partial charge in [0.15, 0.2) is 0 Å². The summed E-state index contributed by atoms with van der Waals surface area (Å²) in [5, 5.41) is 0. The number of hydrogen-bond acceptors (Lipinski definition) is 2. The summed E-state index contributed by atoms with van der Waals surface area (Å²) < 4.78 is 5.35. The summed E-state index contributed by atoms with van der Waals surface area (Å²) in [6, 6.07) is 8.90. The van der Waals surface area contributed by atoms with Gasteiger partial charge in [-0.2, -0.15) is 0 Å². The molecule has 0 radical (unpaired) electrons. The number of rotatable bonds is 3. The van der Waals surface area contributed by atoms with Crippen LogP contribution >= 0.6 is 0 Å². The Hall–Kier alpha value is -0.860. The van der Waals surface area contributed by atoms with Crippen molar-refractivity contribution in [3.8, 4) is 0 Å². The fourth-order valence-electron chi connectivity index (χ4n) is 2.80. The van der Waals surface area contributed by atoms with Gasteiger partial charge in [0.2, 0.25) is 0 Å². The summed E-state index contributed by atoms with van der Waals surface area (Å²) >= 11 is 0. The molecule has 0 aliphatic heterocycles. The van der Waals surface area contributed by atoms with Gasteiger partial charge in [0.05, 0.1) is 6.61 Å². The minimum Gasteiger partial charge on any atom is -0.384 e. The van der Waals surface area contributed by atoms with E-state index in [1.54, 1.807) is 7.11 Å². The quantitative estimate of drug-likeness (QED) is 0.819. The summed E-state index contributed by atoms with van der Waals surface area (Å²) in [6.07, 6.45) is 2.09. The molecule has 2 nitrogen and oxygen atoms in total. The normalized spacial score (nSPS) is 29.9. The summed E-state index contributed by atoms with van der Waals surface area (Å²) in [7, 11) is 1.77. The average Bonchev–Trinajstić information content (AvgIpc) is 2.16.